The van der Waals surface area contributed by atoms with E-state index >= 15 is 0 Å². The molecule has 0 bridgehead atoms. The molecule has 1 fully saturated rings. The standard InChI is InChI=1S/C13H21BrN2S/c1-9-11(14)7-13(17-9)12(8-15)16(2)10-5-3-4-6-10/h7,10,12H,3-6,8,15H2,1-2H3. The second-order valence-corrected chi connectivity index (χ2v) is 7.05. The lowest BCUT2D eigenvalue weighted by molar-refractivity contribution is 0.182. The Morgan fingerprint density at radius 3 is 2.65 bits per heavy atom. The highest BCUT2D eigenvalue weighted by Gasteiger charge is 2.27. The molecule has 96 valence electrons. The van der Waals surface area contributed by atoms with Crippen molar-refractivity contribution in [1.29, 1.82) is 0 Å². The highest BCUT2D eigenvalue weighted by molar-refractivity contribution is 9.10. The van der Waals surface area contributed by atoms with E-state index in [-0.39, 0.29) is 0 Å². The lowest BCUT2D eigenvalue weighted by atomic mass is 10.1. The second-order valence-electron chi connectivity index (χ2n) is 4.91. The number of aryl methyl sites for hydroxylation is 1. The molecule has 0 aromatic carbocycles. The monoisotopic (exact) mass is 316 g/mol. The minimum atomic E-state index is 0.382. The molecule has 1 heterocycles. The van der Waals surface area contributed by atoms with Gasteiger partial charge in [-0.15, -0.1) is 11.3 Å². The van der Waals surface area contributed by atoms with Crippen molar-refractivity contribution >= 4 is 27.3 Å². The third kappa shape index (κ3) is 2.92. The van der Waals surface area contributed by atoms with Gasteiger partial charge >= 0.3 is 0 Å². The van der Waals surface area contributed by atoms with Crippen LogP contribution in [0.25, 0.3) is 0 Å². The fourth-order valence-electron chi connectivity index (χ4n) is 2.69. The summed E-state index contributed by atoms with van der Waals surface area (Å²) in [5.41, 5.74) is 5.98. The molecule has 0 spiro atoms. The van der Waals surface area contributed by atoms with Crippen molar-refractivity contribution in [2.75, 3.05) is 13.6 Å². The Labute approximate surface area is 116 Å². The quantitative estimate of drug-likeness (QED) is 0.917. The molecule has 2 nitrogen and oxygen atoms in total. The summed E-state index contributed by atoms with van der Waals surface area (Å²) in [6.07, 6.45) is 5.41. The number of rotatable bonds is 4. The van der Waals surface area contributed by atoms with Crippen molar-refractivity contribution in [3.63, 3.8) is 0 Å². The molecular formula is C13H21BrN2S. The van der Waals surface area contributed by atoms with Gasteiger partial charge in [-0.25, -0.2) is 0 Å². The van der Waals surface area contributed by atoms with Crippen molar-refractivity contribution in [2.24, 2.45) is 5.73 Å². The van der Waals surface area contributed by atoms with Crippen LogP contribution in [-0.4, -0.2) is 24.5 Å². The van der Waals surface area contributed by atoms with Crippen molar-refractivity contribution < 1.29 is 0 Å². The van der Waals surface area contributed by atoms with Gasteiger partial charge in [0, 0.05) is 26.8 Å². The zero-order chi connectivity index (χ0) is 12.4. The third-order valence-corrected chi connectivity index (χ3v) is 6.06. The van der Waals surface area contributed by atoms with Crippen LogP contribution in [0.5, 0.6) is 0 Å². The average Bonchev–Trinajstić information content (AvgIpc) is 2.91. The summed E-state index contributed by atoms with van der Waals surface area (Å²) < 4.78 is 1.22. The molecule has 1 aliphatic rings. The highest BCUT2D eigenvalue weighted by Crippen LogP contribution is 2.35. The summed E-state index contributed by atoms with van der Waals surface area (Å²) >= 11 is 5.46. The van der Waals surface area contributed by atoms with Crippen molar-refractivity contribution in [2.45, 2.75) is 44.7 Å². The minimum Gasteiger partial charge on any atom is -0.329 e. The van der Waals surface area contributed by atoms with Gasteiger partial charge in [0.05, 0.1) is 6.04 Å². The van der Waals surface area contributed by atoms with Crippen LogP contribution >= 0.6 is 27.3 Å². The van der Waals surface area contributed by atoms with Gasteiger partial charge in [-0.1, -0.05) is 12.8 Å². The molecule has 1 aromatic heterocycles. The molecular weight excluding hydrogens is 296 g/mol. The smallest absolute Gasteiger partial charge is 0.0564 e. The number of hydrogen-bond donors (Lipinski definition) is 1. The maximum absolute atomic E-state index is 5.98. The number of likely N-dealkylation sites (N-methyl/N-ethyl adjacent to an activating group) is 1. The SMILES string of the molecule is Cc1sc(C(CN)N(C)C2CCCC2)cc1Br. The van der Waals surface area contributed by atoms with Crippen molar-refractivity contribution in [1.82, 2.24) is 4.90 Å². The number of thiophene rings is 1. The topological polar surface area (TPSA) is 29.3 Å². The molecule has 2 rings (SSSR count). The molecule has 1 aromatic rings. The van der Waals surface area contributed by atoms with E-state index in [2.05, 4.69) is 40.9 Å². The van der Waals surface area contributed by atoms with Gasteiger partial charge in [0.2, 0.25) is 0 Å². The Balaban J connectivity index is 2.14. The molecule has 0 amide bonds. The van der Waals surface area contributed by atoms with Crippen LogP contribution in [0.2, 0.25) is 0 Å². The number of hydrogen-bond acceptors (Lipinski definition) is 3. The largest absolute Gasteiger partial charge is 0.329 e. The summed E-state index contributed by atoms with van der Waals surface area (Å²) in [6, 6.07) is 3.35. The van der Waals surface area contributed by atoms with E-state index in [1.54, 1.807) is 0 Å². The molecule has 4 heteroatoms. The van der Waals surface area contributed by atoms with Crippen LogP contribution in [0.3, 0.4) is 0 Å². The fraction of sp³-hybridized carbons (Fsp3) is 0.692. The molecule has 0 radical (unpaired) electrons. The van der Waals surface area contributed by atoms with Gasteiger partial charge in [-0.3, -0.25) is 4.90 Å². The molecule has 0 saturated heterocycles. The average molecular weight is 317 g/mol. The Morgan fingerprint density at radius 1 is 1.53 bits per heavy atom. The van der Waals surface area contributed by atoms with Crippen molar-refractivity contribution in [3.8, 4) is 0 Å². The van der Waals surface area contributed by atoms with E-state index in [9.17, 15) is 0 Å². The summed E-state index contributed by atoms with van der Waals surface area (Å²) in [5.74, 6) is 0. The molecule has 1 aliphatic carbocycles. The maximum atomic E-state index is 5.98. The normalized spacial score (nSPS) is 19.1. The van der Waals surface area contributed by atoms with Gasteiger partial charge in [0.15, 0.2) is 0 Å². The Kier molecular flexibility index (Phi) is 4.64. The first-order valence-corrected chi connectivity index (χ1v) is 7.92. The van der Waals surface area contributed by atoms with Crippen LogP contribution in [0.1, 0.15) is 41.5 Å². The van der Waals surface area contributed by atoms with E-state index in [1.807, 2.05) is 11.3 Å². The Bertz CT molecular complexity index is 352. The molecule has 17 heavy (non-hydrogen) atoms. The number of nitrogens with zero attached hydrogens (tertiary/aromatic N) is 1. The minimum absolute atomic E-state index is 0.382. The maximum Gasteiger partial charge on any atom is 0.0564 e. The summed E-state index contributed by atoms with van der Waals surface area (Å²) in [6.45, 7) is 2.86. The van der Waals surface area contributed by atoms with Crippen LogP contribution in [0.4, 0.5) is 0 Å². The number of nitrogens with two attached hydrogens (primary N) is 1. The fourth-order valence-corrected chi connectivity index (χ4v) is 4.42. The predicted octanol–water partition coefficient (Wildman–Crippen LogP) is 3.69. The molecule has 1 saturated carbocycles. The van der Waals surface area contributed by atoms with E-state index in [4.69, 9.17) is 5.73 Å². The van der Waals surface area contributed by atoms with Gasteiger partial charge in [0.1, 0.15) is 0 Å². The Hall–Kier alpha value is 0.100. The number of halogens is 1. The van der Waals surface area contributed by atoms with Crippen LogP contribution in [0, 0.1) is 6.92 Å². The van der Waals surface area contributed by atoms with E-state index in [0.717, 1.165) is 6.04 Å². The van der Waals surface area contributed by atoms with E-state index < -0.39 is 0 Å². The predicted molar refractivity (Wildman–Crippen MR) is 78.6 cm³/mol. The second kappa shape index (κ2) is 5.83. The lowest BCUT2D eigenvalue weighted by Gasteiger charge is -2.31. The van der Waals surface area contributed by atoms with Gasteiger partial charge < -0.3 is 5.73 Å². The molecule has 0 aliphatic heterocycles. The van der Waals surface area contributed by atoms with Gasteiger partial charge in [-0.2, -0.15) is 0 Å². The van der Waals surface area contributed by atoms with Crippen LogP contribution < -0.4 is 5.73 Å². The third-order valence-electron chi connectivity index (χ3n) is 3.82. The van der Waals surface area contributed by atoms with Gasteiger partial charge in [0.25, 0.3) is 0 Å². The summed E-state index contributed by atoms with van der Waals surface area (Å²) in [5, 5.41) is 0. The van der Waals surface area contributed by atoms with Crippen LogP contribution in [0.15, 0.2) is 10.5 Å². The van der Waals surface area contributed by atoms with Crippen LogP contribution in [-0.2, 0) is 0 Å². The highest BCUT2D eigenvalue weighted by atomic mass is 79.9. The molecule has 2 N–H and O–H groups in total. The zero-order valence-corrected chi connectivity index (χ0v) is 13.0. The zero-order valence-electron chi connectivity index (χ0n) is 10.6. The Morgan fingerprint density at radius 2 is 2.18 bits per heavy atom. The summed E-state index contributed by atoms with van der Waals surface area (Å²) in [7, 11) is 2.23. The van der Waals surface area contributed by atoms with E-state index in [0.29, 0.717) is 12.6 Å². The molecule has 1 atom stereocenters. The first kappa shape index (κ1) is 13.5. The molecule has 1 unspecified atom stereocenters. The first-order chi connectivity index (χ1) is 8.13. The first-order valence-electron chi connectivity index (χ1n) is 6.31. The van der Waals surface area contributed by atoms with Gasteiger partial charge in [-0.05, 0) is 48.8 Å². The van der Waals surface area contributed by atoms with Crippen molar-refractivity contribution in [3.05, 3.63) is 20.3 Å². The lowest BCUT2D eigenvalue weighted by Crippen LogP contribution is -2.36. The summed E-state index contributed by atoms with van der Waals surface area (Å²) in [4.78, 5) is 5.23. The van der Waals surface area contributed by atoms with E-state index in [1.165, 1.54) is 39.9 Å².